The molecule has 0 aliphatic rings. The van der Waals surface area contributed by atoms with Crippen molar-refractivity contribution in [3.8, 4) is 0 Å². The van der Waals surface area contributed by atoms with E-state index in [9.17, 15) is 14.4 Å². The Labute approximate surface area is 206 Å². The predicted octanol–water partition coefficient (Wildman–Crippen LogP) is 5.27. The maximum Gasteiger partial charge on any atom is 0.408 e. The van der Waals surface area contributed by atoms with E-state index < -0.39 is 17.7 Å². The van der Waals surface area contributed by atoms with Crippen LogP contribution in [0.5, 0.6) is 0 Å². The van der Waals surface area contributed by atoms with E-state index in [-0.39, 0.29) is 24.4 Å². The number of rotatable bonds is 13. The van der Waals surface area contributed by atoms with Gasteiger partial charge in [0.2, 0.25) is 11.8 Å². The number of unbranched alkanes of at least 4 members (excludes halogenated alkanes) is 5. The Balaban J connectivity index is 3.09. The number of amides is 3. The molecular weight excluding hydrogens is 430 g/mol. The number of benzene rings is 1. The van der Waals surface area contributed by atoms with Gasteiger partial charge in [-0.25, -0.2) is 4.79 Å². The molecule has 7 nitrogen and oxygen atoms in total. The average molecular weight is 476 g/mol. The normalized spacial score (nSPS) is 12.2. The van der Waals surface area contributed by atoms with E-state index in [2.05, 4.69) is 17.6 Å². The van der Waals surface area contributed by atoms with Crippen LogP contribution in [-0.2, 0) is 14.3 Å². The highest BCUT2D eigenvalue weighted by molar-refractivity contribution is 5.90. The monoisotopic (exact) mass is 475 g/mol. The van der Waals surface area contributed by atoms with Gasteiger partial charge in [-0.1, -0.05) is 68.9 Å². The van der Waals surface area contributed by atoms with E-state index in [1.165, 1.54) is 19.3 Å². The lowest BCUT2D eigenvalue weighted by Gasteiger charge is -2.32. The van der Waals surface area contributed by atoms with Gasteiger partial charge in [0.1, 0.15) is 18.2 Å². The van der Waals surface area contributed by atoms with E-state index in [4.69, 9.17) is 4.74 Å². The molecule has 0 saturated heterocycles. The molecular formula is C27H45N3O4. The third-order valence-electron chi connectivity index (χ3n) is 5.24. The van der Waals surface area contributed by atoms with E-state index in [1.54, 1.807) is 25.7 Å². The average Bonchev–Trinajstić information content (AvgIpc) is 2.73. The molecule has 7 heteroatoms. The molecule has 1 aromatic rings. The molecule has 1 atom stereocenters. The number of carbonyl (C=O) groups excluding carboxylic acids is 3. The highest BCUT2D eigenvalue weighted by Crippen LogP contribution is 2.23. The number of alkyl carbamates (subject to hydrolysis) is 1. The van der Waals surface area contributed by atoms with Gasteiger partial charge >= 0.3 is 6.09 Å². The van der Waals surface area contributed by atoms with Gasteiger partial charge < -0.3 is 20.3 Å². The second-order valence-electron chi connectivity index (χ2n) is 10.2. The summed E-state index contributed by atoms with van der Waals surface area (Å²) in [4.78, 5) is 40.3. The van der Waals surface area contributed by atoms with Crippen LogP contribution < -0.4 is 10.6 Å². The van der Waals surface area contributed by atoms with Crippen molar-refractivity contribution in [1.82, 2.24) is 15.5 Å². The van der Waals surface area contributed by atoms with Crippen LogP contribution in [0.1, 0.15) is 97.2 Å². The first-order valence-corrected chi connectivity index (χ1v) is 12.6. The molecule has 0 saturated carbocycles. The lowest BCUT2D eigenvalue weighted by atomic mass is 10.0. The minimum Gasteiger partial charge on any atom is -0.444 e. The third-order valence-corrected chi connectivity index (χ3v) is 5.24. The van der Waals surface area contributed by atoms with Crippen LogP contribution in [0.25, 0.3) is 0 Å². The van der Waals surface area contributed by atoms with Crippen molar-refractivity contribution in [2.75, 3.05) is 13.1 Å². The Hall–Kier alpha value is -2.57. The van der Waals surface area contributed by atoms with Gasteiger partial charge in [-0.05, 0) is 53.5 Å². The maximum atomic E-state index is 13.3. The summed E-state index contributed by atoms with van der Waals surface area (Å²) in [7, 11) is 0. The Kier molecular flexibility index (Phi) is 12.7. The number of hydrogen-bond donors (Lipinski definition) is 2. The molecule has 1 rings (SSSR count). The molecule has 0 fully saturated rings. The van der Waals surface area contributed by atoms with Crippen LogP contribution in [0.2, 0.25) is 0 Å². The highest BCUT2D eigenvalue weighted by atomic mass is 16.6. The van der Waals surface area contributed by atoms with Crippen molar-refractivity contribution in [2.24, 2.45) is 0 Å². The molecule has 1 unspecified atom stereocenters. The predicted molar refractivity (Wildman–Crippen MR) is 137 cm³/mol. The minimum absolute atomic E-state index is 0.0636. The second kappa shape index (κ2) is 14.6. The standard InChI is InChI=1S/C27H45N3O4/c1-8-9-10-11-12-13-18-30(23(31)19-28-26(33)34-27(5,6)7)24(25(32)29-20(2)3)22-16-14-21(4)15-17-22/h14-17,20,24H,8-13,18-19H2,1-7H3,(H,28,33)(H,29,32). The van der Waals surface area contributed by atoms with Crippen LogP contribution in [0.3, 0.4) is 0 Å². The molecule has 3 amide bonds. The highest BCUT2D eigenvalue weighted by Gasteiger charge is 2.31. The first kappa shape index (κ1) is 29.5. The van der Waals surface area contributed by atoms with E-state index in [0.29, 0.717) is 6.54 Å². The fraction of sp³-hybridized carbons (Fsp3) is 0.667. The summed E-state index contributed by atoms with van der Waals surface area (Å²) in [5.74, 6) is -0.542. The third kappa shape index (κ3) is 11.5. The van der Waals surface area contributed by atoms with Crippen LogP contribution in [0.4, 0.5) is 4.79 Å². The molecule has 0 bridgehead atoms. The molecule has 2 N–H and O–H groups in total. The quantitative estimate of drug-likeness (QED) is 0.380. The molecule has 0 aliphatic heterocycles. The zero-order valence-electron chi connectivity index (χ0n) is 22.2. The SMILES string of the molecule is CCCCCCCCN(C(=O)CNC(=O)OC(C)(C)C)C(C(=O)NC(C)C)c1ccc(C)cc1. The van der Waals surface area contributed by atoms with Crippen molar-refractivity contribution in [2.45, 2.75) is 105 Å². The summed E-state index contributed by atoms with van der Waals surface area (Å²) in [6.07, 6.45) is 5.75. The second-order valence-corrected chi connectivity index (χ2v) is 10.2. The van der Waals surface area contributed by atoms with Crippen molar-refractivity contribution < 1.29 is 19.1 Å². The Morgan fingerprint density at radius 1 is 0.971 bits per heavy atom. The van der Waals surface area contributed by atoms with Crippen LogP contribution in [0.15, 0.2) is 24.3 Å². The van der Waals surface area contributed by atoms with Crippen molar-refractivity contribution in [3.63, 3.8) is 0 Å². The smallest absolute Gasteiger partial charge is 0.408 e. The maximum absolute atomic E-state index is 13.3. The molecule has 0 aromatic heterocycles. The van der Waals surface area contributed by atoms with E-state index in [0.717, 1.165) is 30.4 Å². The Morgan fingerprint density at radius 3 is 2.12 bits per heavy atom. The van der Waals surface area contributed by atoms with Gasteiger partial charge in [0, 0.05) is 12.6 Å². The Morgan fingerprint density at radius 2 is 1.56 bits per heavy atom. The van der Waals surface area contributed by atoms with Gasteiger partial charge in [-0.3, -0.25) is 9.59 Å². The first-order valence-electron chi connectivity index (χ1n) is 12.6. The minimum atomic E-state index is -0.772. The summed E-state index contributed by atoms with van der Waals surface area (Å²) in [6.45, 7) is 13.5. The van der Waals surface area contributed by atoms with Gasteiger partial charge in [-0.15, -0.1) is 0 Å². The van der Waals surface area contributed by atoms with Gasteiger partial charge in [0.15, 0.2) is 0 Å². The Bertz CT molecular complexity index is 769. The van der Waals surface area contributed by atoms with E-state index in [1.807, 2.05) is 45.0 Å². The molecule has 0 aliphatic carbocycles. The molecule has 34 heavy (non-hydrogen) atoms. The summed E-state index contributed by atoms with van der Waals surface area (Å²) in [5.41, 5.74) is 1.17. The van der Waals surface area contributed by atoms with Crippen LogP contribution in [-0.4, -0.2) is 47.5 Å². The number of carbonyl (C=O) groups is 3. The van der Waals surface area contributed by atoms with Crippen LogP contribution >= 0.6 is 0 Å². The largest absolute Gasteiger partial charge is 0.444 e. The molecule has 0 heterocycles. The fourth-order valence-corrected chi connectivity index (χ4v) is 3.61. The first-order chi connectivity index (χ1) is 15.9. The lowest BCUT2D eigenvalue weighted by Crippen LogP contribution is -2.49. The number of nitrogens with zero attached hydrogens (tertiary/aromatic N) is 1. The van der Waals surface area contributed by atoms with Gasteiger partial charge in [0.25, 0.3) is 0 Å². The number of aryl methyl sites for hydroxylation is 1. The van der Waals surface area contributed by atoms with Crippen molar-refractivity contribution in [3.05, 3.63) is 35.4 Å². The summed E-state index contributed by atoms with van der Waals surface area (Å²) in [5, 5.41) is 5.51. The summed E-state index contributed by atoms with van der Waals surface area (Å²) in [6, 6.07) is 6.83. The summed E-state index contributed by atoms with van der Waals surface area (Å²) < 4.78 is 5.26. The van der Waals surface area contributed by atoms with Gasteiger partial charge in [-0.2, -0.15) is 0 Å². The lowest BCUT2D eigenvalue weighted by molar-refractivity contribution is -0.140. The van der Waals surface area contributed by atoms with Crippen molar-refractivity contribution in [1.29, 1.82) is 0 Å². The molecule has 0 spiro atoms. The van der Waals surface area contributed by atoms with Crippen LogP contribution in [0, 0.1) is 6.92 Å². The van der Waals surface area contributed by atoms with E-state index >= 15 is 0 Å². The van der Waals surface area contributed by atoms with Gasteiger partial charge in [0.05, 0.1) is 0 Å². The molecule has 192 valence electrons. The molecule has 1 aromatic carbocycles. The van der Waals surface area contributed by atoms with Crippen molar-refractivity contribution >= 4 is 17.9 Å². The molecule has 0 radical (unpaired) electrons. The fourth-order valence-electron chi connectivity index (χ4n) is 3.61. The number of ether oxygens (including phenoxy) is 1. The summed E-state index contributed by atoms with van der Waals surface area (Å²) >= 11 is 0. The number of hydrogen-bond acceptors (Lipinski definition) is 4. The topological polar surface area (TPSA) is 87.7 Å². The number of nitrogens with one attached hydrogen (secondary N) is 2. The zero-order chi connectivity index (χ0) is 25.7. The zero-order valence-corrected chi connectivity index (χ0v) is 22.2.